The molecule has 2 fully saturated rings. The maximum atomic E-state index is 9.02. The Kier molecular flexibility index (Phi) is 4.43. The van der Waals surface area contributed by atoms with Crippen molar-refractivity contribution in [3.63, 3.8) is 0 Å². The van der Waals surface area contributed by atoms with Gasteiger partial charge in [-0.3, -0.25) is 0 Å². The molecule has 2 aromatic rings. The first-order chi connectivity index (χ1) is 12.7. The Morgan fingerprint density at radius 1 is 1.23 bits per heavy atom. The third kappa shape index (κ3) is 3.93. The summed E-state index contributed by atoms with van der Waals surface area (Å²) in [5.74, 6) is 8.12. The minimum atomic E-state index is 0.297. The number of nitrogens with zero attached hydrogens (tertiary/aromatic N) is 3. The van der Waals surface area contributed by atoms with E-state index in [1.165, 1.54) is 0 Å². The van der Waals surface area contributed by atoms with Crippen LogP contribution in [0.15, 0.2) is 30.5 Å². The summed E-state index contributed by atoms with van der Waals surface area (Å²) in [6.07, 6.45) is 5.99. The van der Waals surface area contributed by atoms with E-state index >= 15 is 0 Å². The second kappa shape index (κ2) is 7.03. The summed E-state index contributed by atoms with van der Waals surface area (Å²) in [5, 5.41) is 15.6. The number of aromatic nitrogens is 2. The molecule has 2 aliphatic carbocycles. The number of hydrogen-bond donors (Lipinski definition) is 3. The van der Waals surface area contributed by atoms with Gasteiger partial charge in [0.25, 0.3) is 0 Å². The highest BCUT2D eigenvalue weighted by molar-refractivity contribution is 5.61. The third-order valence-electron chi connectivity index (χ3n) is 4.54. The second-order valence-corrected chi connectivity index (χ2v) is 6.89. The van der Waals surface area contributed by atoms with Gasteiger partial charge in [-0.1, -0.05) is 17.9 Å². The summed E-state index contributed by atoms with van der Waals surface area (Å²) in [5.41, 5.74) is 8.01. The monoisotopic (exact) mass is 344 g/mol. The maximum absolute atomic E-state index is 9.02. The zero-order chi connectivity index (χ0) is 17.9. The zero-order valence-corrected chi connectivity index (χ0v) is 14.4. The van der Waals surface area contributed by atoms with Gasteiger partial charge in [0.1, 0.15) is 5.82 Å². The van der Waals surface area contributed by atoms with Crippen molar-refractivity contribution in [2.24, 2.45) is 11.7 Å². The molecule has 0 bridgehead atoms. The molecule has 2 saturated carbocycles. The summed E-state index contributed by atoms with van der Waals surface area (Å²) in [6, 6.07) is 10.1. The highest BCUT2D eigenvalue weighted by Gasteiger charge is 2.25. The fourth-order valence-electron chi connectivity index (χ4n) is 2.82. The Morgan fingerprint density at radius 3 is 2.81 bits per heavy atom. The van der Waals surface area contributed by atoms with E-state index in [1.54, 1.807) is 18.3 Å². The molecule has 1 aromatic carbocycles. The molecule has 130 valence electrons. The lowest BCUT2D eigenvalue weighted by molar-refractivity contribution is 0.335. The van der Waals surface area contributed by atoms with E-state index < -0.39 is 0 Å². The molecule has 0 spiro atoms. The van der Waals surface area contributed by atoms with Crippen molar-refractivity contribution < 1.29 is 0 Å². The van der Waals surface area contributed by atoms with Crippen molar-refractivity contribution in [3.8, 4) is 17.9 Å². The number of anilines is 3. The molecule has 4 rings (SSSR count). The van der Waals surface area contributed by atoms with Gasteiger partial charge in [-0.05, 0) is 43.9 Å². The van der Waals surface area contributed by atoms with Crippen LogP contribution >= 0.6 is 0 Å². The van der Waals surface area contributed by atoms with Crippen molar-refractivity contribution in [2.45, 2.75) is 37.8 Å². The van der Waals surface area contributed by atoms with Crippen LogP contribution in [0.1, 0.15) is 36.8 Å². The van der Waals surface area contributed by atoms with Crippen molar-refractivity contribution in [1.29, 1.82) is 5.26 Å². The standard InChI is InChI=1S/C20H20N6/c21-11-14-2-1-3-18(10-14)25-20-23-12-15(5-4-13-8-16(22)9-13)19(26-20)24-17-6-7-17/h1-3,10,12-13,16-17H,6-9,22H2,(H2,23,24,25,26)/t13-,16+. The summed E-state index contributed by atoms with van der Waals surface area (Å²) >= 11 is 0. The number of benzene rings is 1. The van der Waals surface area contributed by atoms with Crippen molar-refractivity contribution in [1.82, 2.24) is 9.97 Å². The number of nitrogens with one attached hydrogen (secondary N) is 2. The number of nitrogens with two attached hydrogens (primary N) is 1. The molecular formula is C20H20N6. The average Bonchev–Trinajstić information content (AvgIpc) is 3.43. The van der Waals surface area contributed by atoms with Gasteiger partial charge in [0.2, 0.25) is 5.95 Å². The molecule has 0 aliphatic heterocycles. The van der Waals surface area contributed by atoms with Gasteiger partial charge in [0.05, 0.1) is 23.4 Å². The summed E-state index contributed by atoms with van der Waals surface area (Å²) < 4.78 is 0. The SMILES string of the molecule is N#Cc1cccc(Nc2ncc(C#C[C@H]3C[C@@H](N)C3)c(NC3CC3)n2)c1. The van der Waals surface area contributed by atoms with E-state index in [9.17, 15) is 0 Å². The molecule has 0 radical (unpaired) electrons. The fourth-order valence-corrected chi connectivity index (χ4v) is 2.82. The Hall–Kier alpha value is -3.09. The Morgan fingerprint density at radius 2 is 2.08 bits per heavy atom. The van der Waals surface area contributed by atoms with E-state index in [1.807, 2.05) is 12.1 Å². The predicted molar refractivity (Wildman–Crippen MR) is 101 cm³/mol. The van der Waals surface area contributed by atoms with E-state index in [0.717, 1.165) is 42.8 Å². The fraction of sp³-hybridized carbons (Fsp3) is 0.350. The van der Waals surface area contributed by atoms with Crippen molar-refractivity contribution in [3.05, 3.63) is 41.6 Å². The topological polar surface area (TPSA) is 99.7 Å². The number of hydrogen-bond acceptors (Lipinski definition) is 6. The lowest BCUT2D eigenvalue weighted by Gasteiger charge is -2.27. The quantitative estimate of drug-likeness (QED) is 0.738. The van der Waals surface area contributed by atoms with Crippen molar-refractivity contribution in [2.75, 3.05) is 10.6 Å². The van der Waals surface area contributed by atoms with Gasteiger partial charge in [-0.2, -0.15) is 10.2 Å². The lowest BCUT2D eigenvalue weighted by atomic mass is 9.81. The first kappa shape index (κ1) is 16.4. The normalized spacial score (nSPS) is 20.9. The van der Waals surface area contributed by atoms with Crippen LogP contribution in [0.5, 0.6) is 0 Å². The molecule has 1 heterocycles. The van der Waals surface area contributed by atoms with Crippen LogP contribution in [0.3, 0.4) is 0 Å². The summed E-state index contributed by atoms with van der Waals surface area (Å²) in [7, 11) is 0. The molecule has 6 heteroatoms. The predicted octanol–water partition coefficient (Wildman–Crippen LogP) is 2.75. The van der Waals surface area contributed by atoms with E-state index in [2.05, 4.69) is 38.5 Å². The van der Waals surface area contributed by atoms with Gasteiger partial charge in [-0.15, -0.1) is 0 Å². The van der Waals surface area contributed by atoms with Gasteiger partial charge < -0.3 is 16.4 Å². The largest absolute Gasteiger partial charge is 0.366 e. The van der Waals surface area contributed by atoms with Crippen LogP contribution in [-0.4, -0.2) is 22.1 Å². The maximum Gasteiger partial charge on any atom is 0.229 e. The molecule has 0 unspecified atom stereocenters. The third-order valence-corrected chi connectivity index (χ3v) is 4.54. The van der Waals surface area contributed by atoms with Crippen LogP contribution in [-0.2, 0) is 0 Å². The molecule has 0 saturated heterocycles. The molecule has 0 atom stereocenters. The highest BCUT2D eigenvalue weighted by Crippen LogP contribution is 2.27. The molecule has 2 aliphatic rings. The van der Waals surface area contributed by atoms with E-state index in [0.29, 0.717) is 29.5 Å². The molecule has 1 aromatic heterocycles. The van der Waals surface area contributed by atoms with Gasteiger partial charge in [-0.25, -0.2) is 4.98 Å². The average molecular weight is 344 g/mol. The lowest BCUT2D eigenvalue weighted by Crippen LogP contribution is -2.35. The molecule has 4 N–H and O–H groups in total. The summed E-state index contributed by atoms with van der Waals surface area (Å²) in [4.78, 5) is 8.98. The van der Waals surface area contributed by atoms with E-state index in [-0.39, 0.29) is 0 Å². The van der Waals surface area contributed by atoms with Gasteiger partial charge in [0, 0.05) is 23.7 Å². The first-order valence-electron chi connectivity index (χ1n) is 8.87. The van der Waals surface area contributed by atoms with Crippen LogP contribution in [0, 0.1) is 29.1 Å². The first-order valence-corrected chi connectivity index (χ1v) is 8.87. The van der Waals surface area contributed by atoms with Crippen LogP contribution in [0.4, 0.5) is 17.5 Å². The Balaban J connectivity index is 1.55. The number of rotatable bonds is 4. The zero-order valence-electron chi connectivity index (χ0n) is 14.4. The minimum absolute atomic E-state index is 0.297. The highest BCUT2D eigenvalue weighted by atomic mass is 15.2. The molecule has 6 nitrogen and oxygen atoms in total. The minimum Gasteiger partial charge on any atom is -0.366 e. The Labute approximate surface area is 152 Å². The van der Waals surface area contributed by atoms with Crippen molar-refractivity contribution >= 4 is 17.5 Å². The molecule has 0 amide bonds. The Bertz CT molecular complexity index is 910. The smallest absolute Gasteiger partial charge is 0.229 e. The van der Waals surface area contributed by atoms with Crippen LogP contribution in [0.2, 0.25) is 0 Å². The summed E-state index contributed by atoms with van der Waals surface area (Å²) in [6.45, 7) is 0. The van der Waals surface area contributed by atoms with Crippen LogP contribution in [0.25, 0.3) is 0 Å². The van der Waals surface area contributed by atoms with Gasteiger partial charge >= 0.3 is 0 Å². The molecular weight excluding hydrogens is 324 g/mol. The second-order valence-electron chi connectivity index (χ2n) is 6.89. The molecule has 26 heavy (non-hydrogen) atoms. The van der Waals surface area contributed by atoms with Gasteiger partial charge in [0.15, 0.2) is 0 Å². The van der Waals surface area contributed by atoms with E-state index in [4.69, 9.17) is 11.0 Å². The number of nitriles is 1. The van der Waals surface area contributed by atoms with Crippen LogP contribution < -0.4 is 16.4 Å².